The van der Waals surface area contributed by atoms with Gasteiger partial charge in [0.1, 0.15) is 0 Å². The Hall–Kier alpha value is -7.74. The van der Waals surface area contributed by atoms with Crippen LogP contribution in [0.25, 0.3) is 77.5 Å². The molecule has 0 N–H and O–H groups in total. The van der Waals surface area contributed by atoms with Crippen molar-refractivity contribution in [2.24, 2.45) is 0 Å². The molecule has 1 heteroatoms. The van der Waals surface area contributed by atoms with Crippen LogP contribution in [0.5, 0.6) is 0 Å². The number of anilines is 3. The third kappa shape index (κ3) is 7.23. The molecule has 0 radical (unpaired) electrons. The minimum atomic E-state index is 1.09. The largest absolute Gasteiger partial charge is 0.310 e. The van der Waals surface area contributed by atoms with Crippen molar-refractivity contribution >= 4 is 27.8 Å². The van der Waals surface area contributed by atoms with E-state index < -0.39 is 0 Å². The zero-order valence-electron chi connectivity index (χ0n) is 32.6. The van der Waals surface area contributed by atoms with Crippen molar-refractivity contribution in [3.8, 4) is 66.8 Å². The van der Waals surface area contributed by atoms with Gasteiger partial charge in [0.25, 0.3) is 0 Å². The van der Waals surface area contributed by atoms with E-state index in [1.807, 2.05) is 0 Å². The molecule has 278 valence electrons. The maximum Gasteiger partial charge on any atom is 0.0540 e. The van der Waals surface area contributed by atoms with E-state index in [2.05, 4.69) is 254 Å². The minimum Gasteiger partial charge on any atom is -0.310 e. The highest BCUT2D eigenvalue weighted by Gasteiger charge is 2.21. The summed E-state index contributed by atoms with van der Waals surface area (Å²) in [5.41, 5.74) is 17.6. The highest BCUT2D eigenvalue weighted by atomic mass is 15.1. The molecular formula is C58H41N. The summed E-state index contributed by atoms with van der Waals surface area (Å²) in [6.45, 7) is 0. The SMILES string of the molecule is c1ccc(-c2ccc(-c3ccc(N(c4ccc5ccccc5c4)c4ccccc4-c4ccccc4-c4ccc(-c5ccccc5)cc4-c4ccccc4)cc3)cc2)cc1. The summed E-state index contributed by atoms with van der Waals surface area (Å²) < 4.78 is 0. The Morgan fingerprint density at radius 2 is 0.610 bits per heavy atom. The summed E-state index contributed by atoms with van der Waals surface area (Å²) in [7, 11) is 0. The number of para-hydroxylation sites is 1. The molecule has 1 nitrogen and oxygen atoms in total. The van der Waals surface area contributed by atoms with Crippen LogP contribution >= 0.6 is 0 Å². The highest BCUT2D eigenvalue weighted by molar-refractivity contribution is 5.99. The summed E-state index contributed by atoms with van der Waals surface area (Å²) in [5, 5.41) is 2.42. The Kier molecular flexibility index (Phi) is 9.68. The lowest BCUT2D eigenvalue weighted by atomic mass is 9.87. The van der Waals surface area contributed by atoms with Crippen LogP contribution in [0.2, 0.25) is 0 Å². The number of hydrogen-bond acceptors (Lipinski definition) is 1. The van der Waals surface area contributed by atoms with Crippen LogP contribution in [0, 0.1) is 0 Å². The van der Waals surface area contributed by atoms with Crippen LogP contribution in [0.3, 0.4) is 0 Å². The number of benzene rings is 10. The van der Waals surface area contributed by atoms with Gasteiger partial charge in [0.05, 0.1) is 5.69 Å². The predicted octanol–water partition coefficient (Wildman–Crippen LogP) is 16.3. The van der Waals surface area contributed by atoms with E-state index in [1.165, 1.54) is 72.0 Å². The fourth-order valence-corrected chi connectivity index (χ4v) is 8.33. The molecule has 0 fully saturated rings. The van der Waals surface area contributed by atoms with Gasteiger partial charge in [0.15, 0.2) is 0 Å². The molecular weight excluding hydrogens is 711 g/mol. The summed E-state index contributed by atoms with van der Waals surface area (Å²) in [6, 6.07) is 89.9. The average Bonchev–Trinajstić information content (AvgIpc) is 3.33. The molecule has 0 aromatic heterocycles. The molecule has 0 aliphatic rings. The van der Waals surface area contributed by atoms with Crippen molar-refractivity contribution in [2.75, 3.05) is 4.90 Å². The Morgan fingerprint density at radius 3 is 1.24 bits per heavy atom. The summed E-state index contributed by atoms with van der Waals surface area (Å²) in [6.07, 6.45) is 0. The zero-order chi connectivity index (χ0) is 39.4. The molecule has 59 heavy (non-hydrogen) atoms. The molecule has 0 heterocycles. The topological polar surface area (TPSA) is 3.24 Å². The number of rotatable bonds is 9. The van der Waals surface area contributed by atoms with Gasteiger partial charge >= 0.3 is 0 Å². The molecule has 10 aromatic rings. The van der Waals surface area contributed by atoms with Crippen molar-refractivity contribution in [3.63, 3.8) is 0 Å². The van der Waals surface area contributed by atoms with Gasteiger partial charge in [-0.1, -0.05) is 212 Å². The number of hydrogen-bond donors (Lipinski definition) is 0. The molecule has 0 atom stereocenters. The molecule has 0 saturated carbocycles. The maximum atomic E-state index is 2.41. The van der Waals surface area contributed by atoms with Crippen LogP contribution in [-0.2, 0) is 0 Å². The normalized spacial score (nSPS) is 11.1. The second kappa shape index (κ2) is 16.0. The van der Waals surface area contributed by atoms with Crippen LogP contribution in [0.4, 0.5) is 17.1 Å². The van der Waals surface area contributed by atoms with Gasteiger partial charge in [-0.15, -0.1) is 0 Å². The van der Waals surface area contributed by atoms with Gasteiger partial charge < -0.3 is 4.90 Å². The van der Waals surface area contributed by atoms with Gasteiger partial charge in [-0.3, -0.25) is 0 Å². The maximum absolute atomic E-state index is 2.41. The third-order valence-electron chi connectivity index (χ3n) is 11.3. The van der Waals surface area contributed by atoms with E-state index in [4.69, 9.17) is 0 Å². The number of fused-ring (bicyclic) bond motifs is 1. The first kappa shape index (κ1) is 35.7. The second-order valence-electron chi connectivity index (χ2n) is 14.9. The van der Waals surface area contributed by atoms with E-state index in [0.29, 0.717) is 0 Å². The Labute approximate surface area is 346 Å². The molecule has 0 bridgehead atoms. The van der Waals surface area contributed by atoms with Crippen LogP contribution in [0.1, 0.15) is 0 Å². The third-order valence-corrected chi connectivity index (χ3v) is 11.3. The van der Waals surface area contributed by atoms with Gasteiger partial charge in [-0.2, -0.15) is 0 Å². The number of nitrogens with zero attached hydrogens (tertiary/aromatic N) is 1. The molecule has 0 aliphatic carbocycles. The lowest BCUT2D eigenvalue weighted by Gasteiger charge is -2.29. The monoisotopic (exact) mass is 751 g/mol. The van der Waals surface area contributed by atoms with Crippen molar-refractivity contribution in [3.05, 3.63) is 249 Å². The standard InChI is InChI=1S/C58H41N/c1-4-16-42(17-5-1)45-28-30-46(31-29-45)47-32-36-51(37-33-47)59(52-38-34-44-20-10-11-23-49(44)40-52)58-27-15-14-26-56(58)54-25-13-12-24-53(54)55-39-35-50(43-18-6-2-7-19-43)41-57(55)48-21-8-3-9-22-48/h1-41H. The molecule has 0 spiro atoms. The molecule has 0 unspecified atom stereocenters. The summed E-state index contributed by atoms with van der Waals surface area (Å²) in [4.78, 5) is 2.41. The van der Waals surface area contributed by atoms with E-state index in [1.54, 1.807) is 0 Å². The van der Waals surface area contributed by atoms with E-state index >= 15 is 0 Å². The fraction of sp³-hybridized carbons (Fsp3) is 0. The van der Waals surface area contributed by atoms with Crippen molar-refractivity contribution in [1.29, 1.82) is 0 Å². The van der Waals surface area contributed by atoms with Crippen LogP contribution < -0.4 is 4.90 Å². The van der Waals surface area contributed by atoms with Crippen molar-refractivity contribution < 1.29 is 0 Å². The average molecular weight is 752 g/mol. The second-order valence-corrected chi connectivity index (χ2v) is 14.9. The smallest absolute Gasteiger partial charge is 0.0540 e. The van der Waals surface area contributed by atoms with E-state index in [9.17, 15) is 0 Å². The first-order valence-electron chi connectivity index (χ1n) is 20.3. The van der Waals surface area contributed by atoms with Gasteiger partial charge in [0.2, 0.25) is 0 Å². The van der Waals surface area contributed by atoms with Crippen molar-refractivity contribution in [1.82, 2.24) is 0 Å². The zero-order valence-corrected chi connectivity index (χ0v) is 32.6. The van der Waals surface area contributed by atoms with Gasteiger partial charge in [0, 0.05) is 16.9 Å². The quantitative estimate of drug-likeness (QED) is 0.142. The summed E-state index contributed by atoms with van der Waals surface area (Å²) >= 11 is 0. The Bertz CT molecular complexity index is 3000. The molecule has 0 saturated heterocycles. The lowest BCUT2D eigenvalue weighted by molar-refractivity contribution is 1.29. The van der Waals surface area contributed by atoms with Gasteiger partial charge in [-0.05, 0) is 108 Å². The predicted molar refractivity (Wildman–Crippen MR) is 251 cm³/mol. The van der Waals surface area contributed by atoms with Crippen molar-refractivity contribution in [2.45, 2.75) is 0 Å². The fourth-order valence-electron chi connectivity index (χ4n) is 8.33. The molecule has 0 amide bonds. The highest BCUT2D eigenvalue weighted by Crippen LogP contribution is 2.46. The van der Waals surface area contributed by atoms with Crippen LogP contribution in [-0.4, -0.2) is 0 Å². The first-order chi connectivity index (χ1) is 29.3. The molecule has 10 rings (SSSR count). The van der Waals surface area contributed by atoms with E-state index in [0.717, 1.165) is 22.6 Å². The Balaban J connectivity index is 1.11. The summed E-state index contributed by atoms with van der Waals surface area (Å²) in [5.74, 6) is 0. The molecule has 10 aromatic carbocycles. The van der Waals surface area contributed by atoms with Gasteiger partial charge in [-0.25, -0.2) is 0 Å². The van der Waals surface area contributed by atoms with E-state index in [-0.39, 0.29) is 0 Å². The first-order valence-corrected chi connectivity index (χ1v) is 20.3. The minimum absolute atomic E-state index is 1.09. The Morgan fingerprint density at radius 1 is 0.203 bits per heavy atom. The molecule has 0 aliphatic heterocycles. The lowest BCUT2D eigenvalue weighted by Crippen LogP contribution is -2.11. The van der Waals surface area contributed by atoms with Crippen LogP contribution in [0.15, 0.2) is 249 Å².